The van der Waals surface area contributed by atoms with E-state index < -0.39 is 0 Å². The summed E-state index contributed by atoms with van der Waals surface area (Å²) < 4.78 is 0. The second kappa shape index (κ2) is 5.33. The van der Waals surface area contributed by atoms with Crippen LogP contribution in [0.25, 0.3) is 0 Å². The molecule has 4 aliphatic carbocycles. The van der Waals surface area contributed by atoms with Crippen LogP contribution < -0.4 is 0 Å². The number of rotatable bonds is 1. The number of Topliss-reactive ketones (excluding diaryl/α,β-unsaturated/α-hetero) is 1. The fourth-order valence-electron chi connectivity index (χ4n) is 7.42. The second-order valence-corrected chi connectivity index (χ2v) is 9.61. The lowest BCUT2D eigenvalue weighted by atomic mass is 9.47. The molecule has 24 heavy (non-hydrogen) atoms. The molecular weight excluding hydrogens is 300 g/mol. The standard InChI is InChI=1S/C21H32O3/c1-12(22)15-4-5-16-14-11-19(24)18-10-13(23)6-8-21(18,3)17(14)7-9-20(15,16)2/h13-17,23-24H,4-11H2,1-3H3/t13-,14-,15+,16-,17-,20+,21+/m0/s1. The van der Waals surface area contributed by atoms with Crippen molar-refractivity contribution in [1.82, 2.24) is 0 Å². The molecule has 3 nitrogen and oxygen atoms in total. The Morgan fingerprint density at radius 3 is 2.50 bits per heavy atom. The van der Waals surface area contributed by atoms with Crippen LogP contribution in [0.3, 0.4) is 0 Å². The van der Waals surface area contributed by atoms with Gasteiger partial charge in [-0.15, -0.1) is 0 Å². The van der Waals surface area contributed by atoms with Crippen molar-refractivity contribution in [3.63, 3.8) is 0 Å². The van der Waals surface area contributed by atoms with Gasteiger partial charge in [0.05, 0.1) is 11.9 Å². The Bertz CT molecular complexity index is 594. The van der Waals surface area contributed by atoms with E-state index in [1.165, 1.54) is 6.42 Å². The van der Waals surface area contributed by atoms with Gasteiger partial charge in [-0.25, -0.2) is 0 Å². The van der Waals surface area contributed by atoms with E-state index >= 15 is 0 Å². The zero-order valence-corrected chi connectivity index (χ0v) is 15.3. The van der Waals surface area contributed by atoms with E-state index in [1.807, 2.05) is 0 Å². The van der Waals surface area contributed by atoms with Crippen molar-refractivity contribution in [2.45, 2.75) is 78.2 Å². The quantitative estimate of drug-likeness (QED) is 0.748. The van der Waals surface area contributed by atoms with E-state index in [-0.39, 0.29) is 22.9 Å². The highest BCUT2D eigenvalue weighted by molar-refractivity contribution is 5.79. The summed E-state index contributed by atoms with van der Waals surface area (Å²) in [5.41, 5.74) is 1.34. The van der Waals surface area contributed by atoms with Gasteiger partial charge in [-0.3, -0.25) is 4.79 Å². The number of fused-ring (bicyclic) bond motifs is 5. The summed E-state index contributed by atoms with van der Waals surface area (Å²) in [5.74, 6) is 2.83. The zero-order valence-electron chi connectivity index (χ0n) is 15.3. The molecule has 0 aliphatic heterocycles. The highest BCUT2D eigenvalue weighted by Crippen LogP contribution is 2.67. The Morgan fingerprint density at radius 1 is 1.04 bits per heavy atom. The fraction of sp³-hybridized carbons (Fsp3) is 0.857. The number of hydrogen-bond donors (Lipinski definition) is 2. The molecule has 0 aromatic carbocycles. The number of aliphatic hydroxyl groups excluding tert-OH is 2. The molecule has 3 heteroatoms. The summed E-state index contributed by atoms with van der Waals surface area (Å²) in [4.78, 5) is 12.2. The number of aliphatic hydroxyl groups is 2. The lowest BCUT2D eigenvalue weighted by Gasteiger charge is -2.58. The van der Waals surface area contributed by atoms with Crippen molar-refractivity contribution >= 4 is 5.78 Å². The summed E-state index contributed by atoms with van der Waals surface area (Å²) in [5, 5.41) is 20.9. The Hall–Kier alpha value is -0.830. The Kier molecular flexibility index (Phi) is 3.69. The van der Waals surface area contributed by atoms with Gasteiger partial charge in [0.1, 0.15) is 5.78 Å². The van der Waals surface area contributed by atoms with Crippen molar-refractivity contribution in [1.29, 1.82) is 0 Å². The Morgan fingerprint density at radius 2 is 1.79 bits per heavy atom. The normalized spacial score (nSPS) is 50.9. The van der Waals surface area contributed by atoms with Crippen molar-refractivity contribution < 1.29 is 15.0 Å². The number of ketones is 1. The molecule has 4 rings (SSSR count). The first-order valence-corrected chi connectivity index (χ1v) is 9.87. The van der Waals surface area contributed by atoms with Crippen LogP contribution >= 0.6 is 0 Å². The van der Waals surface area contributed by atoms with Gasteiger partial charge in [-0.05, 0) is 86.0 Å². The number of carbonyl (C=O) groups excluding carboxylic acids is 1. The number of carbonyl (C=O) groups is 1. The van der Waals surface area contributed by atoms with Crippen LogP contribution in [0.5, 0.6) is 0 Å². The number of hydrogen-bond acceptors (Lipinski definition) is 3. The average molecular weight is 332 g/mol. The lowest BCUT2D eigenvalue weighted by molar-refractivity contribution is -0.127. The molecule has 0 aromatic rings. The van der Waals surface area contributed by atoms with Crippen LogP contribution in [0.4, 0.5) is 0 Å². The first-order valence-electron chi connectivity index (χ1n) is 9.87. The highest BCUT2D eigenvalue weighted by Gasteiger charge is 2.60. The van der Waals surface area contributed by atoms with Gasteiger partial charge in [0.2, 0.25) is 0 Å². The van der Waals surface area contributed by atoms with Crippen LogP contribution in [0.15, 0.2) is 11.3 Å². The van der Waals surface area contributed by atoms with Crippen LogP contribution in [0.2, 0.25) is 0 Å². The summed E-state index contributed by atoms with van der Waals surface area (Å²) >= 11 is 0. The summed E-state index contributed by atoms with van der Waals surface area (Å²) in [6, 6.07) is 0. The largest absolute Gasteiger partial charge is 0.512 e. The maximum Gasteiger partial charge on any atom is 0.133 e. The average Bonchev–Trinajstić information content (AvgIpc) is 2.87. The van der Waals surface area contributed by atoms with Gasteiger partial charge >= 0.3 is 0 Å². The first kappa shape index (κ1) is 16.6. The van der Waals surface area contributed by atoms with E-state index in [9.17, 15) is 15.0 Å². The van der Waals surface area contributed by atoms with E-state index in [4.69, 9.17) is 0 Å². The highest BCUT2D eigenvalue weighted by atomic mass is 16.3. The minimum absolute atomic E-state index is 0.0574. The van der Waals surface area contributed by atoms with Gasteiger partial charge in [0.25, 0.3) is 0 Å². The summed E-state index contributed by atoms with van der Waals surface area (Å²) in [6.07, 6.45) is 7.49. The minimum Gasteiger partial charge on any atom is -0.512 e. The van der Waals surface area contributed by atoms with E-state index in [0.29, 0.717) is 35.7 Å². The predicted molar refractivity (Wildman–Crippen MR) is 93.5 cm³/mol. The molecule has 0 radical (unpaired) electrons. The molecule has 3 saturated carbocycles. The summed E-state index contributed by atoms with van der Waals surface area (Å²) in [7, 11) is 0. The molecule has 7 atom stereocenters. The van der Waals surface area contributed by atoms with E-state index in [0.717, 1.165) is 44.1 Å². The van der Waals surface area contributed by atoms with Crippen molar-refractivity contribution in [3.8, 4) is 0 Å². The van der Waals surface area contributed by atoms with Gasteiger partial charge < -0.3 is 10.2 Å². The van der Waals surface area contributed by atoms with Crippen LogP contribution in [0, 0.1) is 34.5 Å². The van der Waals surface area contributed by atoms with E-state index in [2.05, 4.69) is 13.8 Å². The third-order valence-corrected chi connectivity index (χ3v) is 8.65. The molecule has 0 spiro atoms. The summed E-state index contributed by atoms with van der Waals surface area (Å²) in [6.45, 7) is 6.45. The molecular formula is C21H32O3. The second-order valence-electron chi connectivity index (χ2n) is 9.61. The van der Waals surface area contributed by atoms with Crippen LogP contribution in [-0.2, 0) is 4.79 Å². The molecule has 0 saturated heterocycles. The van der Waals surface area contributed by atoms with Gasteiger partial charge in [-0.2, -0.15) is 0 Å². The molecule has 0 unspecified atom stereocenters. The molecule has 4 aliphatic rings. The third-order valence-electron chi connectivity index (χ3n) is 8.65. The topological polar surface area (TPSA) is 57.5 Å². The predicted octanol–water partition coefficient (Wildman–Crippen LogP) is 4.40. The van der Waals surface area contributed by atoms with Crippen molar-refractivity contribution in [2.24, 2.45) is 34.5 Å². The van der Waals surface area contributed by atoms with E-state index in [1.54, 1.807) is 6.92 Å². The smallest absolute Gasteiger partial charge is 0.133 e. The van der Waals surface area contributed by atoms with Gasteiger partial charge in [-0.1, -0.05) is 13.8 Å². The minimum atomic E-state index is -0.283. The van der Waals surface area contributed by atoms with Crippen molar-refractivity contribution in [3.05, 3.63) is 11.3 Å². The lowest BCUT2D eigenvalue weighted by Crippen LogP contribution is -2.51. The molecule has 134 valence electrons. The SMILES string of the molecule is CC(=O)[C@H]1CC[C@H]2[C@@H]3CC(O)=C4C[C@@H](O)CC[C@]4(C)[C@H]3CC[C@]12C. The molecule has 0 amide bonds. The zero-order chi connectivity index (χ0) is 17.3. The van der Waals surface area contributed by atoms with Crippen LogP contribution in [-0.4, -0.2) is 22.1 Å². The van der Waals surface area contributed by atoms with Gasteiger partial charge in [0.15, 0.2) is 0 Å². The maximum absolute atomic E-state index is 12.2. The Labute approximate surface area is 145 Å². The van der Waals surface area contributed by atoms with Crippen LogP contribution in [0.1, 0.15) is 72.1 Å². The molecule has 3 fully saturated rings. The Balaban J connectivity index is 1.71. The fourth-order valence-corrected chi connectivity index (χ4v) is 7.42. The van der Waals surface area contributed by atoms with Crippen molar-refractivity contribution in [2.75, 3.05) is 0 Å². The number of allylic oxidation sites excluding steroid dienone is 1. The third kappa shape index (κ3) is 2.09. The molecule has 0 bridgehead atoms. The first-order chi connectivity index (χ1) is 11.3. The monoisotopic (exact) mass is 332 g/mol. The van der Waals surface area contributed by atoms with Gasteiger partial charge in [0, 0.05) is 12.3 Å². The molecule has 2 N–H and O–H groups in total. The maximum atomic E-state index is 12.2. The molecule has 0 aromatic heterocycles. The molecule has 0 heterocycles.